The fourth-order valence-corrected chi connectivity index (χ4v) is 1.68. The highest BCUT2D eigenvalue weighted by Gasteiger charge is 2.34. The van der Waals surface area contributed by atoms with E-state index in [4.69, 9.17) is 0 Å². The molecule has 0 radical (unpaired) electrons. The SMILES string of the molecule is CCCNc1cncc(-c2cnccc2C(F)(F)F)n1. The van der Waals surface area contributed by atoms with Crippen LogP contribution in [0.2, 0.25) is 0 Å². The molecule has 0 aliphatic heterocycles. The molecule has 0 aliphatic carbocycles. The number of rotatable bonds is 4. The first kappa shape index (κ1) is 14.2. The number of hydrogen-bond acceptors (Lipinski definition) is 4. The van der Waals surface area contributed by atoms with E-state index in [1.165, 1.54) is 12.4 Å². The second-order valence-corrected chi connectivity index (χ2v) is 4.14. The van der Waals surface area contributed by atoms with Gasteiger partial charge in [-0.25, -0.2) is 4.98 Å². The molecule has 0 atom stereocenters. The molecule has 0 saturated heterocycles. The van der Waals surface area contributed by atoms with Crippen molar-refractivity contribution in [2.24, 2.45) is 0 Å². The van der Waals surface area contributed by atoms with Crippen molar-refractivity contribution >= 4 is 5.82 Å². The second kappa shape index (κ2) is 5.85. The van der Waals surface area contributed by atoms with E-state index in [0.717, 1.165) is 24.9 Å². The minimum atomic E-state index is -4.45. The van der Waals surface area contributed by atoms with Crippen LogP contribution in [-0.4, -0.2) is 21.5 Å². The average molecular weight is 282 g/mol. The van der Waals surface area contributed by atoms with Crippen LogP contribution in [0.25, 0.3) is 11.3 Å². The lowest BCUT2D eigenvalue weighted by atomic mass is 10.1. The molecule has 0 bridgehead atoms. The monoisotopic (exact) mass is 282 g/mol. The molecule has 0 amide bonds. The van der Waals surface area contributed by atoms with Gasteiger partial charge in [-0.3, -0.25) is 9.97 Å². The summed E-state index contributed by atoms with van der Waals surface area (Å²) in [6.45, 7) is 2.66. The van der Waals surface area contributed by atoms with Crippen molar-refractivity contribution < 1.29 is 13.2 Å². The lowest BCUT2D eigenvalue weighted by molar-refractivity contribution is -0.137. The van der Waals surface area contributed by atoms with Gasteiger partial charge in [-0.15, -0.1) is 0 Å². The van der Waals surface area contributed by atoms with Crippen LogP contribution in [0.1, 0.15) is 18.9 Å². The molecule has 4 nitrogen and oxygen atoms in total. The highest BCUT2D eigenvalue weighted by Crippen LogP contribution is 2.35. The summed E-state index contributed by atoms with van der Waals surface area (Å²) in [7, 11) is 0. The van der Waals surface area contributed by atoms with Gasteiger partial charge in [-0.05, 0) is 12.5 Å². The second-order valence-electron chi connectivity index (χ2n) is 4.14. The van der Waals surface area contributed by atoms with Gasteiger partial charge >= 0.3 is 6.18 Å². The van der Waals surface area contributed by atoms with Crippen molar-refractivity contribution in [3.8, 4) is 11.3 Å². The Bertz CT molecular complexity index is 584. The molecule has 0 fully saturated rings. The molecule has 0 saturated carbocycles. The summed E-state index contributed by atoms with van der Waals surface area (Å²) in [6, 6.07) is 0.934. The van der Waals surface area contributed by atoms with E-state index in [1.54, 1.807) is 0 Å². The van der Waals surface area contributed by atoms with Crippen molar-refractivity contribution in [1.82, 2.24) is 15.0 Å². The first-order valence-corrected chi connectivity index (χ1v) is 6.10. The lowest BCUT2D eigenvalue weighted by Gasteiger charge is -2.12. The van der Waals surface area contributed by atoms with Crippen molar-refractivity contribution in [3.05, 3.63) is 36.4 Å². The molecule has 0 spiro atoms. The van der Waals surface area contributed by atoms with Crippen molar-refractivity contribution in [2.45, 2.75) is 19.5 Å². The Kier molecular flexibility index (Phi) is 4.16. The minimum Gasteiger partial charge on any atom is -0.369 e. The Morgan fingerprint density at radius 2 is 1.95 bits per heavy atom. The van der Waals surface area contributed by atoms with Crippen LogP contribution >= 0.6 is 0 Å². The van der Waals surface area contributed by atoms with E-state index >= 15 is 0 Å². The number of pyridine rings is 1. The van der Waals surface area contributed by atoms with E-state index in [-0.39, 0.29) is 11.3 Å². The van der Waals surface area contributed by atoms with Crippen molar-refractivity contribution in [2.75, 3.05) is 11.9 Å². The molecule has 2 aromatic heterocycles. The van der Waals surface area contributed by atoms with Crippen LogP contribution in [-0.2, 0) is 6.18 Å². The predicted octanol–water partition coefficient (Wildman–Crippen LogP) is 3.38. The highest BCUT2D eigenvalue weighted by molar-refractivity contribution is 5.63. The topological polar surface area (TPSA) is 50.7 Å². The van der Waals surface area contributed by atoms with Gasteiger partial charge in [0.15, 0.2) is 0 Å². The standard InChI is InChI=1S/C13H13F3N4/c1-2-4-19-12-8-18-7-11(20-12)9-6-17-5-3-10(9)13(14,15)16/h3,5-8H,2,4H2,1H3,(H,19,20). The summed E-state index contributed by atoms with van der Waals surface area (Å²) in [4.78, 5) is 11.8. The van der Waals surface area contributed by atoms with Crippen LogP contribution < -0.4 is 5.32 Å². The van der Waals surface area contributed by atoms with E-state index in [2.05, 4.69) is 20.3 Å². The zero-order valence-electron chi connectivity index (χ0n) is 10.8. The molecule has 106 valence electrons. The number of alkyl halides is 3. The van der Waals surface area contributed by atoms with Gasteiger partial charge in [-0.1, -0.05) is 6.92 Å². The molecule has 0 aromatic carbocycles. The maximum absolute atomic E-state index is 12.9. The van der Waals surface area contributed by atoms with Crippen LogP contribution in [0.5, 0.6) is 0 Å². The van der Waals surface area contributed by atoms with Gasteiger partial charge in [-0.2, -0.15) is 13.2 Å². The van der Waals surface area contributed by atoms with Crippen LogP contribution in [0.15, 0.2) is 30.9 Å². The third-order valence-corrected chi connectivity index (χ3v) is 2.59. The maximum atomic E-state index is 12.9. The molecular weight excluding hydrogens is 269 g/mol. The zero-order chi connectivity index (χ0) is 14.6. The summed E-state index contributed by atoms with van der Waals surface area (Å²) in [5, 5.41) is 2.99. The van der Waals surface area contributed by atoms with Gasteiger partial charge in [0.25, 0.3) is 0 Å². The number of nitrogens with one attached hydrogen (secondary N) is 1. The number of anilines is 1. The minimum absolute atomic E-state index is 0.0763. The number of nitrogens with zero attached hydrogens (tertiary/aromatic N) is 3. The number of halogens is 3. The number of hydrogen-bond donors (Lipinski definition) is 1. The normalized spacial score (nSPS) is 11.4. The molecule has 0 unspecified atom stereocenters. The first-order valence-electron chi connectivity index (χ1n) is 6.10. The summed E-state index contributed by atoms with van der Waals surface area (Å²) in [5.74, 6) is 0.446. The van der Waals surface area contributed by atoms with Crippen molar-refractivity contribution in [3.63, 3.8) is 0 Å². The molecule has 7 heteroatoms. The molecule has 20 heavy (non-hydrogen) atoms. The third-order valence-electron chi connectivity index (χ3n) is 2.59. The largest absolute Gasteiger partial charge is 0.417 e. The Hall–Kier alpha value is -2.18. The average Bonchev–Trinajstić information content (AvgIpc) is 2.44. The molecular formula is C13H13F3N4. The lowest BCUT2D eigenvalue weighted by Crippen LogP contribution is -2.09. The maximum Gasteiger partial charge on any atom is 0.417 e. The van der Waals surface area contributed by atoms with E-state index < -0.39 is 11.7 Å². The first-order chi connectivity index (χ1) is 9.52. The van der Waals surface area contributed by atoms with Crippen molar-refractivity contribution in [1.29, 1.82) is 0 Å². The van der Waals surface area contributed by atoms with Gasteiger partial charge < -0.3 is 5.32 Å². The molecule has 0 aliphatic rings. The highest BCUT2D eigenvalue weighted by atomic mass is 19.4. The Balaban J connectivity index is 2.42. The molecule has 1 N–H and O–H groups in total. The summed E-state index contributed by atoms with van der Waals surface area (Å²) in [5.41, 5.74) is -0.700. The van der Waals surface area contributed by atoms with Gasteiger partial charge in [0.05, 0.1) is 23.7 Å². The Morgan fingerprint density at radius 1 is 1.15 bits per heavy atom. The summed E-state index contributed by atoms with van der Waals surface area (Å²) < 4.78 is 38.8. The number of aromatic nitrogens is 3. The van der Waals surface area contributed by atoms with E-state index in [9.17, 15) is 13.2 Å². The summed E-state index contributed by atoms with van der Waals surface area (Å²) in [6.07, 6.45) is 1.46. The van der Waals surface area contributed by atoms with Crippen LogP contribution in [0.4, 0.5) is 19.0 Å². The van der Waals surface area contributed by atoms with Gasteiger partial charge in [0.1, 0.15) is 5.82 Å². The zero-order valence-corrected chi connectivity index (χ0v) is 10.8. The summed E-state index contributed by atoms with van der Waals surface area (Å²) >= 11 is 0. The molecule has 2 rings (SSSR count). The quantitative estimate of drug-likeness (QED) is 0.934. The molecule has 2 heterocycles. The third kappa shape index (κ3) is 3.23. The molecule has 2 aromatic rings. The van der Waals surface area contributed by atoms with Crippen LogP contribution in [0, 0.1) is 0 Å². The van der Waals surface area contributed by atoms with E-state index in [0.29, 0.717) is 12.4 Å². The van der Waals surface area contributed by atoms with Gasteiger partial charge in [0, 0.05) is 24.5 Å². The fraction of sp³-hybridized carbons (Fsp3) is 0.308. The van der Waals surface area contributed by atoms with Gasteiger partial charge in [0.2, 0.25) is 0 Å². The fourth-order valence-electron chi connectivity index (χ4n) is 1.68. The Morgan fingerprint density at radius 3 is 2.65 bits per heavy atom. The smallest absolute Gasteiger partial charge is 0.369 e. The predicted molar refractivity (Wildman–Crippen MR) is 69.0 cm³/mol. The van der Waals surface area contributed by atoms with E-state index in [1.807, 2.05) is 6.92 Å². The Labute approximate surface area is 114 Å². The van der Waals surface area contributed by atoms with Crippen LogP contribution in [0.3, 0.4) is 0 Å².